The van der Waals surface area contributed by atoms with E-state index >= 15 is 0 Å². The first-order valence-corrected chi connectivity index (χ1v) is 5.91. The average molecular weight is 283 g/mol. The highest BCUT2D eigenvalue weighted by Crippen LogP contribution is 2.30. The summed E-state index contributed by atoms with van der Waals surface area (Å²) in [5.41, 5.74) is 1.16. The molecule has 0 aliphatic rings. The lowest BCUT2D eigenvalue weighted by atomic mass is 10.2. The smallest absolute Gasteiger partial charge is 0.313 e. The van der Waals surface area contributed by atoms with Gasteiger partial charge < -0.3 is 15.4 Å². The van der Waals surface area contributed by atoms with Crippen LogP contribution in [0.1, 0.15) is 5.56 Å². The largest absolute Gasteiger partial charge is 0.495 e. The van der Waals surface area contributed by atoms with Gasteiger partial charge in [0.05, 0.1) is 12.8 Å². The maximum absolute atomic E-state index is 11.6. The van der Waals surface area contributed by atoms with Crippen molar-refractivity contribution in [2.24, 2.45) is 0 Å². The molecule has 1 aromatic carbocycles. The fourth-order valence-electron chi connectivity index (χ4n) is 1.35. The third-order valence-corrected chi connectivity index (χ3v) is 2.75. The number of halogens is 1. The van der Waals surface area contributed by atoms with Crippen LogP contribution in [-0.2, 0) is 9.59 Å². The lowest BCUT2D eigenvalue weighted by Gasteiger charge is -2.11. The molecule has 0 bridgehead atoms. The van der Waals surface area contributed by atoms with Crippen molar-refractivity contribution in [1.82, 2.24) is 5.32 Å². The highest BCUT2D eigenvalue weighted by Gasteiger charge is 2.15. The minimum atomic E-state index is -0.776. The minimum Gasteiger partial charge on any atom is -0.495 e. The fraction of sp³-hybridized carbons (Fsp3) is 0.231. The van der Waals surface area contributed by atoms with Crippen LogP contribution in [0.2, 0.25) is 5.02 Å². The first-order chi connectivity index (χ1) is 8.99. The van der Waals surface area contributed by atoms with E-state index in [0.717, 1.165) is 5.56 Å². The summed E-state index contributed by atoms with van der Waals surface area (Å²) >= 11 is 5.95. The number of methoxy groups -OCH3 is 1. The molecular formula is C13H15ClN2O3. The van der Waals surface area contributed by atoms with E-state index in [-0.39, 0.29) is 6.54 Å². The monoisotopic (exact) mass is 282 g/mol. The van der Waals surface area contributed by atoms with Crippen LogP contribution in [0, 0.1) is 6.92 Å². The van der Waals surface area contributed by atoms with Gasteiger partial charge in [-0.25, -0.2) is 0 Å². The molecule has 0 unspecified atom stereocenters. The van der Waals surface area contributed by atoms with Gasteiger partial charge in [-0.15, -0.1) is 6.58 Å². The number of anilines is 1. The molecular weight excluding hydrogens is 268 g/mol. The molecule has 1 rings (SSSR count). The zero-order valence-electron chi connectivity index (χ0n) is 10.7. The number of hydrogen-bond donors (Lipinski definition) is 2. The predicted molar refractivity (Wildman–Crippen MR) is 74.6 cm³/mol. The number of nitrogens with one attached hydrogen (secondary N) is 2. The lowest BCUT2D eigenvalue weighted by Crippen LogP contribution is -2.35. The maximum Gasteiger partial charge on any atom is 0.313 e. The number of ether oxygens (including phenoxy) is 1. The highest BCUT2D eigenvalue weighted by molar-refractivity contribution is 6.40. The van der Waals surface area contributed by atoms with Crippen molar-refractivity contribution in [3.63, 3.8) is 0 Å². The van der Waals surface area contributed by atoms with E-state index < -0.39 is 11.8 Å². The molecule has 0 aliphatic heterocycles. The molecule has 2 N–H and O–H groups in total. The van der Waals surface area contributed by atoms with Crippen LogP contribution >= 0.6 is 11.6 Å². The normalized spacial score (nSPS) is 9.63. The van der Waals surface area contributed by atoms with Crippen LogP contribution in [0.3, 0.4) is 0 Å². The second-order valence-corrected chi connectivity index (χ2v) is 4.16. The summed E-state index contributed by atoms with van der Waals surface area (Å²) in [7, 11) is 1.45. The molecule has 0 saturated heterocycles. The van der Waals surface area contributed by atoms with E-state index in [1.807, 2.05) is 0 Å². The van der Waals surface area contributed by atoms with Crippen LogP contribution in [0.25, 0.3) is 0 Å². The Kier molecular flexibility index (Phi) is 5.38. The zero-order valence-corrected chi connectivity index (χ0v) is 11.5. The van der Waals surface area contributed by atoms with Crippen molar-refractivity contribution in [3.8, 4) is 5.75 Å². The second kappa shape index (κ2) is 6.80. The van der Waals surface area contributed by atoms with Gasteiger partial charge in [0.15, 0.2) is 0 Å². The Hall–Kier alpha value is -2.01. The van der Waals surface area contributed by atoms with E-state index in [2.05, 4.69) is 17.2 Å². The van der Waals surface area contributed by atoms with E-state index in [9.17, 15) is 9.59 Å². The molecule has 0 spiro atoms. The quantitative estimate of drug-likeness (QED) is 0.655. The molecule has 0 fully saturated rings. The van der Waals surface area contributed by atoms with E-state index in [0.29, 0.717) is 16.5 Å². The number of hydrogen-bond acceptors (Lipinski definition) is 3. The first kappa shape index (κ1) is 15.0. The van der Waals surface area contributed by atoms with Gasteiger partial charge in [-0.3, -0.25) is 9.59 Å². The van der Waals surface area contributed by atoms with Crippen molar-refractivity contribution < 1.29 is 14.3 Å². The molecule has 102 valence electrons. The van der Waals surface area contributed by atoms with Gasteiger partial charge in [0.25, 0.3) is 0 Å². The van der Waals surface area contributed by atoms with Crippen molar-refractivity contribution in [1.29, 1.82) is 0 Å². The van der Waals surface area contributed by atoms with Gasteiger partial charge in [-0.05, 0) is 18.6 Å². The summed E-state index contributed by atoms with van der Waals surface area (Å²) in [6.45, 7) is 5.46. The molecule has 19 heavy (non-hydrogen) atoms. The Morgan fingerprint density at radius 3 is 2.68 bits per heavy atom. The van der Waals surface area contributed by atoms with Crippen molar-refractivity contribution >= 4 is 29.1 Å². The third kappa shape index (κ3) is 3.99. The van der Waals surface area contributed by atoms with Gasteiger partial charge in [-0.1, -0.05) is 17.7 Å². The Morgan fingerprint density at radius 2 is 2.11 bits per heavy atom. The van der Waals surface area contributed by atoms with Crippen molar-refractivity contribution in [2.45, 2.75) is 6.92 Å². The maximum atomic E-state index is 11.6. The van der Waals surface area contributed by atoms with Gasteiger partial charge >= 0.3 is 11.8 Å². The van der Waals surface area contributed by atoms with Crippen molar-refractivity contribution in [2.75, 3.05) is 19.0 Å². The summed E-state index contributed by atoms with van der Waals surface area (Å²) < 4.78 is 5.10. The average Bonchev–Trinajstić information content (AvgIpc) is 2.39. The molecule has 0 heterocycles. The van der Waals surface area contributed by atoms with Gasteiger partial charge in [-0.2, -0.15) is 0 Å². The summed E-state index contributed by atoms with van der Waals surface area (Å²) in [6, 6.07) is 3.22. The van der Waals surface area contributed by atoms with Gasteiger partial charge in [0.2, 0.25) is 0 Å². The van der Waals surface area contributed by atoms with Crippen LogP contribution in [-0.4, -0.2) is 25.5 Å². The SMILES string of the molecule is C=CCNC(=O)C(=O)Nc1cc(C)c(Cl)cc1OC. The summed E-state index contributed by atoms with van der Waals surface area (Å²) in [5, 5.41) is 5.37. The van der Waals surface area contributed by atoms with Crippen LogP contribution in [0.4, 0.5) is 5.69 Å². The van der Waals surface area contributed by atoms with Gasteiger partial charge in [0, 0.05) is 17.6 Å². The molecule has 6 heteroatoms. The predicted octanol–water partition coefficient (Wildman–Crippen LogP) is 1.90. The summed E-state index contributed by atoms with van der Waals surface area (Å²) in [4.78, 5) is 23.1. The number of carbonyl (C=O) groups excluding carboxylic acids is 2. The lowest BCUT2D eigenvalue weighted by molar-refractivity contribution is -0.136. The minimum absolute atomic E-state index is 0.225. The first-order valence-electron chi connectivity index (χ1n) is 5.53. The number of aryl methyl sites for hydroxylation is 1. The Morgan fingerprint density at radius 1 is 1.42 bits per heavy atom. The molecule has 5 nitrogen and oxygen atoms in total. The molecule has 1 aromatic rings. The number of carbonyl (C=O) groups is 2. The fourth-order valence-corrected chi connectivity index (χ4v) is 1.51. The summed E-state index contributed by atoms with van der Waals surface area (Å²) in [6.07, 6.45) is 1.48. The molecule has 0 radical (unpaired) electrons. The van der Waals surface area contributed by atoms with Crippen LogP contribution in [0.5, 0.6) is 5.75 Å². The third-order valence-electron chi connectivity index (χ3n) is 2.34. The number of rotatable bonds is 4. The topological polar surface area (TPSA) is 67.4 Å². The second-order valence-electron chi connectivity index (χ2n) is 3.75. The van der Waals surface area contributed by atoms with Crippen LogP contribution < -0.4 is 15.4 Å². The van der Waals surface area contributed by atoms with E-state index in [1.165, 1.54) is 13.2 Å². The molecule has 0 saturated carbocycles. The standard InChI is InChI=1S/C13H15ClN2O3/c1-4-5-15-12(17)13(18)16-10-6-8(2)9(14)7-11(10)19-3/h4,6-7H,1,5H2,2-3H3,(H,15,17)(H,16,18). The van der Waals surface area contributed by atoms with Crippen molar-refractivity contribution in [3.05, 3.63) is 35.4 Å². The number of amides is 2. The van der Waals surface area contributed by atoms with Gasteiger partial charge in [0.1, 0.15) is 5.75 Å². The van der Waals surface area contributed by atoms with E-state index in [4.69, 9.17) is 16.3 Å². The van der Waals surface area contributed by atoms with Crippen LogP contribution in [0.15, 0.2) is 24.8 Å². The Labute approximate surface area is 116 Å². The summed E-state index contributed by atoms with van der Waals surface area (Å²) in [5.74, 6) is -1.13. The zero-order chi connectivity index (χ0) is 14.4. The number of benzene rings is 1. The molecule has 0 aliphatic carbocycles. The molecule has 0 aromatic heterocycles. The molecule has 0 atom stereocenters. The van der Waals surface area contributed by atoms with E-state index in [1.54, 1.807) is 19.1 Å². The Bertz CT molecular complexity index is 515. The molecule has 2 amide bonds. The highest BCUT2D eigenvalue weighted by atomic mass is 35.5. The Balaban J connectivity index is 2.87.